The number of nitrogen functional groups attached to an aromatic ring is 1. The van der Waals surface area contributed by atoms with Crippen molar-refractivity contribution in [2.24, 2.45) is 0 Å². The molecule has 1 aromatic carbocycles. The first-order chi connectivity index (χ1) is 16.8. The van der Waals surface area contributed by atoms with Gasteiger partial charge in [0.25, 0.3) is 0 Å². The van der Waals surface area contributed by atoms with Crippen LogP contribution in [-0.2, 0) is 23.4 Å². The summed E-state index contributed by atoms with van der Waals surface area (Å²) in [6.45, 7) is 5.51. The molecular weight excluding hydrogens is 495 g/mol. The van der Waals surface area contributed by atoms with E-state index >= 15 is 0 Å². The van der Waals surface area contributed by atoms with E-state index in [0.29, 0.717) is 0 Å². The standard InChI is InChI=1S/C22H31N4O9P/c1-13(2)33-19(28)14(3)25-36(31,35-15-8-6-5-7-9-15)32-12-16-18(27)22(4,30)20(34-16)26-11-10-17(23)24-21(26)29/h5-11,13-14,16,18,20,27,30H,12H2,1-4H3,(H,25,31)(H2,23,24,29). The number of nitrogens with one attached hydrogen (secondary N) is 1. The van der Waals surface area contributed by atoms with E-state index in [9.17, 15) is 24.4 Å². The number of anilines is 1. The highest BCUT2D eigenvalue weighted by Gasteiger charge is 2.54. The lowest BCUT2D eigenvalue weighted by atomic mass is 9.96. The molecule has 2 heterocycles. The average molecular weight is 526 g/mol. The molecule has 13 nitrogen and oxygen atoms in total. The van der Waals surface area contributed by atoms with Crippen molar-refractivity contribution in [2.45, 2.75) is 63.9 Å². The van der Waals surface area contributed by atoms with E-state index in [1.165, 1.54) is 38.2 Å². The number of ether oxygens (including phenoxy) is 2. The van der Waals surface area contributed by atoms with Crippen LogP contribution in [0.15, 0.2) is 47.4 Å². The molecule has 0 aliphatic carbocycles. The number of rotatable bonds is 10. The van der Waals surface area contributed by atoms with Crippen molar-refractivity contribution in [3.8, 4) is 5.75 Å². The van der Waals surface area contributed by atoms with Gasteiger partial charge in [-0.15, -0.1) is 0 Å². The van der Waals surface area contributed by atoms with Crippen LogP contribution < -0.4 is 21.0 Å². The molecule has 14 heteroatoms. The predicted molar refractivity (Wildman–Crippen MR) is 128 cm³/mol. The van der Waals surface area contributed by atoms with Crippen LogP contribution in [0.2, 0.25) is 0 Å². The van der Waals surface area contributed by atoms with Crippen LogP contribution >= 0.6 is 7.75 Å². The molecular formula is C22H31N4O9P. The zero-order valence-electron chi connectivity index (χ0n) is 20.3. The molecule has 3 rings (SSSR count). The number of nitrogens with two attached hydrogens (primary N) is 1. The molecule has 0 amide bonds. The van der Waals surface area contributed by atoms with Gasteiger partial charge in [-0.2, -0.15) is 10.1 Å². The van der Waals surface area contributed by atoms with Gasteiger partial charge in [0, 0.05) is 6.20 Å². The van der Waals surface area contributed by atoms with E-state index in [4.69, 9.17) is 24.3 Å². The first kappa shape index (κ1) is 27.8. The lowest BCUT2D eigenvalue weighted by Crippen LogP contribution is -2.46. The Morgan fingerprint density at radius 2 is 1.97 bits per heavy atom. The third-order valence-electron chi connectivity index (χ3n) is 5.29. The maximum Gasteiger partial charge on any atom is 0.459 e. The highest BCUT2D eigenvalue weighted by atomic mass is 31.2. The Kier molecular flexibility index (Phi) is 8.55. The molecule has 198 valence electrons. The molecule has 6 atom stereocenters. The highest BCUT2D eigenvalue weighted by molar-refractivity contribution is 7.52. The van der Waals surface area contributed by atoms with Gasteiger partial charge in [-0.1, -0.05) is 18.2 Å². The fraction of sp³-hybridized carbons (Fsp3) is 0.500. The molecule has 0 spiro atoms. The molecule has 0 saturated carbocycles. The van der Waals surface area contributed by atoms with Crippen molar-refractivity contribution in [1.29, 1.82) is 0 Å². The number of aliphatic hydroxyl groups is 2. The molecule has 1 aromatic heterocycles. The average Bonchev–Trinajstić information content (AvgIpc) is 3.01. The molecule has 0 radical (unpaired) electrons. The largest absolute Gasteiger partial charge is 0.462 e. The first-order valence-corrected chi connectivity index (χ1v) is 12.7. The first-order valence-electron chi connectivity index (χ1n) is 11.2. The smallest absolute Gasteiger partial charge is 0.459 e. The summed E-state index contributed by atoms with van der Waals surface area (Å²) in [5.41, 5.74) is 2.77. The summed E-state index contributed by atoms with van der Waals surface area (Å²) in [7, 11) is -4.24. The monoisotopic (exact) mass is 526 g/mol. The Morgan fingerprint density at radius 1 is 1.31 bits per heavy atom. The van der Waals surface area contributed by atoms with Crippen LogP contribution in [0, 0.1) is 0 Å². The van der Waals surface area contributed by atoms with Gasteiger partial charge in [0.2, 0.25) is 0 Å². The number of hydrogen-bond acceptors (Lipinski definition) is 11. The van der Waals surface area contributed by atoms with Gasteiger partial charge >= 0.3 is 19.4 Å². The molecule has 1 fully saturated rings. The third-order valence-corrected chi connectivity index (χ3v) is 6.94. The highest BCUT2D eigenvalue weighted by Crippen LogP contribution is 2.46. The van der Waals surface area contributed by atoms with Crippen molar-refractivity contribution in [3.63, 3.8) is 0 Å². The van der Waals surface area contributed by atoms with Crippen molar-refractivity contribution in [1.82, 2.24) is 14.6 Å². The van der Waals surface area contributed by atoms with E-state index < -0.39 is 62.2 Å². The predicted octanol–water partition coefficient (Wildman–Crippen LogP) is 0.968. The van der Waals surface area contributed by atoms with Crippen LogP contribution in [0.3, 0.4) is 0 Å². The van der Waals surface area contributed by atoms with Crippen LogP contribution in [0.5, 0.6) is 5.75 Å². The van der Waals surface area contributed by atoms with Crippen LogP contribution in [0.4, 0.5) is 5.82 Å². The number of para-hydroxylation sites is 1. The summed E-state index contributed by atoms with van der Waals surface area (Å²) in [6.07, 6.45) is -3.26. The maximum absolute atomic E-state index is 13.6. The minimum atomic E-state index is -4.24. The Balaban J connectivity index is 1.79. The quantitative estimate of drug-likeness (QED) is 0.254. The molecule has 2 aromatic rings. The van der Waals surface area contributed by atoms with Crippen molar-refractivity contribution in [2.75, 3.05) is 12.3 Å². The Morgan fingerprint density at radius 3 is 2.58 bits per heavy atom. The minimum Gasteiger partial charge on any atom is -0.462 e. The van der Waals surface area contributed by atoms with E-state index in [2.05, 4.69) is 10.1 Å². The number of aliphatic hydroxyl groups excluding tert-OH is 1. The number of esters is 1. The summed E-state index contributed by atoms with van der Waals surface area (Å²) in [5.74, 6) is -0.514. The number of aromatic nitrogens is 2. The summed E-state index contributed by atoms with van der Waals surface area (Å²) in [6, 6.07) is 8.37. The van der Waals surface area contributed by atoms with Gasteiger partial charge < -0.3 is 29.9 Å². The van der Waals surface area contributed by atoms with Crippen LogP contribution in [0.1, 0.15) is 33.9 Å². The summed E-state index contributed by atoms with van der Waals surface area (Å²) >= 11 is 0. The molecule has 1 aliphatic heterocycles. The molecule has 5 N–H and O–H groups in total. The normalized spacial score (nSPS) is 26.4. The van der Waals surface area contributed by atoms with Gasteiger partial charge in [0.15, 0.2) is 6.23 Å². The second-order valence-corrected chi connectivity index (χ2v) is 10.5. The molecule has 1 aliphatic rings. The van der Waals surface area contributed by atoms with Crippen LogP contribution in [-0.4, -0.2) is 62.3 Å². The lowest BCUT2D eigenvalue weighted by molar-refractivity contribution is -0.149. The zero-order chi connectivity index (χ0) is 26.7. The Labute approximate surface area is 207 Å². The van der Waals surface area contributed by atoms with Crippen LogP contribution in [0.25, 0.3) is 0 Å². The number of hydrogen-bond donors (Lipinski definition) is 4. The van der Waals surface area contributed by atoms with Gasteiger partial charge in [-0.05, 0) is 45.9 Å². The second kappa shape index (κ2) is 11.1. The van der Waals surface area contributed by atoms with Crippen molar-refractivity contribution >= 4 is 19.5 Å². The Bertz CT molecular complexity index is 1160. The van der Waals surface area contributed by atoms with Gasteiger partial charge in [0.1, 0.15) is 35.4 Å². The van der Waals surface area contributed by atoms with E-state index in [1.54, 1.807) is 32.0 Å². The SMILES string of the molecule is CC(C)OC(=O)C(C)NP(=O)(OCC1OC(n2ccc(N)nc2=O)C(C)(O)C1O)Oc1ccccc1. The van der Waals surface area contributed by atoms with Crippen molar-refractivity contribution < 1.29 is 38.1 Å². The number of carbonyl (C=O) groups excluding carboxylic acids is 1. The van der Waals surface area contributed by atoms with E-state index in [1.807, 2.05) is 0 Å². The molecule has 0 bridgehead atoms. The molecule has 36 heavy (non-hydrogen) atoms. The molecule has 1 saturated heterocycles. The summed E-state index contributed by atoms with van der Waals surface area (Å²) in [5, 5.41) is 24.1. The van der Waals surface area contributed by atoms with Crippen molar-refractivity contribution in [3.05, 3.63) is 53.1 Å². The van der Waals surface area contributed by atoms with Gasteiger partial charge in [0.05, 0.1) is 12.7 Å². The van der Waals surface area contributed by atoms with E-state index in [0.717, 1.165) is 4.57 Å². The number of carbonyl (C=O) groups is 1. The number of benzene rings is 1. The number of nitrogens with zero attached hydrogens (tertiary/aromatic N) is 2. The molecule has 6 unspecified atom stereocenters. The van der Waals surface area contributed by atoms with E-state index in [-0.39, 0.29) is 11.6 Å². The zero-order valence-corrected chi connectivity index (χ0v) is 21.2. The fourth-order valence-corrected chi connectivity index (χ4v) is 4.99. The Hall–Kier alpha value is -2.80. The lowest BCUT2D eigenvalue weighted by Gasteiger charge is -2.27. The third kappa shape index (κ3) is 6.49. The fourth-order valence-electron chi connectivity index (χ4n) is 3.49. The summed E-state index contributed by atoms with van der Waals surface area (Å²) < 4.78 is 36.5. The topological polar surface area (TPSA) is 184 Å². The second-order valence-electron chi connectivity index (χ2n) is 8.77. The maximum atomic E-state index is 13.6. The minimum absolute atomic E-state index is 0.0236. The van der Waals surface area contributed by atoms with Gasteiger partial charge in [-0.25, -0.2) is 9.36 Å². The van der Waals surface area contributed by atoms with Gasteiger partial charge in [-0.3, -0.25) is 13.9 Å². The summed E-state index contributed by atoms with van der Waals surface area (Å²) in [4.78, 5) is 28.1.